The minimum atomic E-state index is 0. The molecule has 0 bridgehead atoms. The van der Waals surface area contributed by atoms with Crippen LogP contribution in [0, 0.1) is 0 Å². The van der Waals surface area contributed by atoms with Gasteiger partial charge in [-0.2, -0.15) is 0 Å². The molecule has 11 heavy (non-hydrogen) atoms. The van der Waals surface area contributed by atoms with Crippen molar-refractivity contribution in [1.82, 2.24) is 19.9 Å². The molecule has 0 aromatic carbocycles. The predicted octanol–water partition coefficient (Wildman–Crippen LogP) is -0.446. The molecule has 1 radical (unpaired) electrons. The Morgan fingerprint density at radius 3 is 2.82 bits per heavy atom. The van der Waals surface area contributed by atoms with Crippen LogP contribution in [0.15, 0.2) is 12.7 Å². The Bertz CT molecular complexity index is 356. The van der Waals surface area contributed by atoms with Crippen LogP contribution < -0.4 is 5.73 Å². The van der Waals surface area contributed by atoms with Crippen LogP contribution in [0.25, 0.3) is 11.2 Å². The van der Waals surface area contributed by atoms with E-state index in [4.69, 9.17) is 5.73 Å². The predicted molar refractivity (Wildman–Crippen MR) is 41.9 cm³/mol. The molecule has 2 aromatic heterocycles. The van der Waals surface area contributed by atoms with Crippen molar-refractivity contribution in [2.45, 2.75) is 0 Å². The molecule has 0 saturated heterocycles. The van der Waals surface area contributed by atoms with E-state index in [1.807, 2.05) is 0 Å². The van der Waals surface area contributed by atoms with E-state index in [9.17, 15) is 0 Å². The van der Waals surface area contributed by atoms with Gasteiger partial charge in [0.1, 0.15) is 11.8 Å². The third-order valence-electron chi connectivity index (χ3n) is 1.25. The molecule has 0 aliphatic heterocycles. The van der Waals surface area contributed by atoms with Crippen LogP contribution in [0.5, 0.6) is 0 Å². The fraction of sp³-hybridized carbons (Fsp3) is 0. The standard InChI is InChI=1S/C5H5N5.K/c6-4-3-5(9-1-7-3)10-2-8-4;/h1-2H,(H3,6,7,8,9,10);. The summed E-state index contributed by atoms with van der Waals surface area (Å²) in [6.45, 7) is 0. The SMILES string of the molecule is Nc1ncnc2nc[nH]c12.[K]. The van der Waals surface area contributed by atoms with E-state index in [2.05, 4.69) is 19.9 Å². The summed E-state index contributed by atoms with van der Waals surface area (Å²) in [4.78, 5) is 14.4. The Morgan fingerprint density at radius 1 is 1.27 bits per heavy atom. The molecule has 5 nitrogen and oxygen atoms in total. The van der Waals surface area contributed by atoms with E-state index >= 15 is 0 Å². The number of hydrogen-bond donors (Lipinski definition) is 2. The summed E-state index contributed by atoms with van der Waals surface area (Å²) in [6.07, 6.45) is 2.92. The molecular formula is C5H5KN5. The van der Waals surface area contributed by atoms with Gasteiger partial charge < -0.3 is 10.7 Å². The molecule has 0 saturated carbocycles. The number of H-pyrrole nitrogens is 1. The maximum Gasteiger partial charge on any atom is 0.182 e. The van der Waals surface area contributed by atoms with Crippen molar-refractivity contribution >= 4 is 68.4 Å². The van der Waals surface area contributed by atoms with Crippen LogP contribution in [0.4, 0.5) is 5.82 Å². The number of nitrogen functional groups attached to an aromatic ring is 1. The van der Waals surface area contributed by atoms with Gasteiger partial charge in [0, 0.05) is 51.4 Å². The largest absolute Gasteiger partial charge is 0.382 e. The van der Waals surface area contributed by atoms with Crippen molar-refractivity contribution in [2.24, 2.45) is 0 Å². The van der Waals surface area contributed by atoms with Crippen LogP contribution in [0.1, 0.15) is 0 Å². The van der Waals surface area contributed by atoms with E-state index < -0.39 is 0 Å². The van der Waals surface area contributed by atoms with Crippen LogP contribution in [-0.4, -0.2) is 71.3 Å². The van der Waals surface area contributed by atoms with Gasteiger partial charge in [0.25, 0.3) is 0 Å². The molecule has 3 N–H and O–H groups in total. The van der Waals surface area contributed by atoms with Crippen molar-refractivity contribution in [3.05, 3.63) is 12.7 Å². The Labute approximate surface area is 105 Å². The summed E-state index contributed by atoms with van der Waals surface area (Å²) in [7, 11) is 0. The Hall–Kier alpha value is -0.0136. The minimum Gasteiger partial charge on any atom is -0.382 e. The summed E-state index contributed by atoms with van der Waals surface area (Å²) in [5, 5.41) is 0. The normalized spacial score (nSPS) is 9.45. The number of nitrogens with one attached hydrogen (secondary N) is 1. The average molecular weight is 174 g/mol. The molecule has 2 heterocycles. The van der Waals surface area contributed by atoms with Gasteiger partial charge in [-0.25, -0.2) is 15.0 Å². The van der Waals surface area contributed by atoms with Gasteiger partial charge in [0.15, 0.2) is 11.5 Å². The molecule has 51 valence electrons. The fourth-order valence-electron chi connectivity index (χ4n) is 0.784. The summed E-state index contributed by atoms with van der Waals surface area (Å²) >= 11 is 0. The maximum absolute atomic E-state index is 5.48. The van der Waals surface area contributed by atoms with E-state index in [1.54, 1.807) is 0 Å². The molecule has 0 aliphatic rings. The Kier molecular flexibility index (Phi) is 2.96. The zero-order chi connectivity index (χ0) is 6.97. The number of rotatable bonds is 0. The first-order chi connectivity index (χ1) is 4.88. The second-order valence-electron chi connectivity index (χ2n) is 1.86. The van der Waals surface area contributed by atoms with Crippen LogP contribution in [0.2, 0.25) is 0 Å². The van der Waals surface area contributed by atoms with Crippen molar-refractivity contribution in [3.63, 3.8) is 0 Å². The first-order valence-corrected chi connectivity index (χ1v) is 2.77. The second-order valence-corrected chi connectivity index (χ2v) is 1.86. The quantitative estimate of drug-likeness (QED) is 0.530. The van der Waals surface area contributed by atoms with Crippen molar-refractivity contribution in [3.8, 4) is 0 Å². The molecule has 0 aliphatic carbocycles. The Morgan fingerprint density at radius 2 is 2.09 bits per heavy atom. The van der Waals surface area contributed by atoms with Gasteiger partial charge in [0.2, 0.25) is 0 Å². The zero-order valence-corrected chi connectivity index (χ0v) is 9.20. The van der Waals surface area contributed by atoms with Crippen LogP contribution in [0.3, 0.4) is 0 Å². The molecular weight excluding hydrogens is 169 g/mol. The Balaban J connectivity index is 0.000000605. The summed E-state index contributed by atoms with van der Waals surface area (Å²) in [6, 6.07) is 0. The van der Waals surface area contributed by atoms with E-state index in [-0.39, 0.29) is 51.4 Å². The fourth-order valence-corrected chi connectivity index (χ4v) is 0.784. The van der Waals surface area contributed by atoms with Gasteiger partial charge in [-0.05, 0) is 0 Å². The van der Waals surface area contributed by atoms with Gasteiger partial charge in [0.05, 0.1) is 6.33 Å². The van der Waals surface area contributed by atoms with Gasteiger partial charge in [-0.15, -0.1) is 0 Å². The third-order valence-corrected chi connectivity index (χ3v) is 1.25. The zero-order valence-electron chi connectivity index (χ0n) is 6.07. The number of aromatic amines is 1. The van der Waals surface area contributed by atoms with E-state index in [0.717, 1.165) is 0 Å². The van der Waals surface area contributed by atoms with E-state index in [1.165, 1.54) is 12.7 Å². The van der Waals surface area contributed by atoms with Crippen molar-refractivity contribution in [2.75, 3.05) is 5.73 Å². The number of nitrogens with zero attached hydrogens (tertiary/aromatic N) is 3. The molecule has 0 amide bonds. The maximum atomic E-state index is 5.48. The molecule has 0 atom stereocenters. The van der Waals surface area contributed by atoms with Crippen LogP contribution in [-0.2, 0) is 0 Å². The summed E-state index contributed by atoms with van der Waals surface area (Å²) in [5.41, 5.74) is 6.78. The average Bonchev–Trinajstić information content (AvgIpc) is 2.36. The minimum absolute atomic E-state index is 0. The number of aromatic nitrogens is 4. The van der Waals surface area contributed by atoms with Crippen molar-refractivity contribution in [1.29, 1.82) is 0 Å². The summed E-state index contributed by atoms with van der Waals surface area (Å²) < 4.78 is 0. The third kappa shape index (κ3) is 1.59. The second kappa shape index (κ2) is 3.59. The van der Waals surface area contributed by atoms with Gasteiger partial charge in [-0.3, -0.25) is 0 Å². The number of imidazole rings is 1. The first-order valence-electron chi connectivity index (χ1n) is 2.77. The number of fused-ring (bicyclic) bond motifs is 1. The monoisotopic (exact) mass is 174 g/mol. The van der Waals surface area contributed by atoms with Crippen molar-refractivity contribution < 1.29 is 0 Å². The number of hydrogen-bond acceptors (Lipinski definition) is 4. The topological polar surface area (TPSA) is 80.5 Å². The molecule has 0 spiro atoms. The molecule has 0 unspecified atom stereocenters. The van der Waals surface area contributed by atoms with E-state index in [0.29, 0.717) is 17.0 Å². The number of nitrogens with two attached hydrogens (primary N) is 1. The smallest absolute Gasteiger partial charge is 0.182 e. The molecule has 6 heteroatoms. The molecule has 2 aromatic rings. The van der Waals surface area contributed by atoms with Gasteiger partial charge in [-0.1, -0.05) is 0 Å². The molecule has 0 fully saturated rings. The molecule has 2 rings (SSSR count). The van der Waals surface area contributed by atoms with Crippen LogP contribution >= 0.6 is 0 Å². The van der Waals surface area contributed by atoms with Gasteiger partial charge >= 0.3 is 0 Å². The first kappa shape index (κ1) is 9.08. The summed E-state index contributed by atoms with van der Waals surface area (Å²) in [5.74, 6) is 0.433. The number of anilines is 1.